The Hall–Kier alpha value is -1.94. The summed E-state index contributed by atoms with van der Waals surface area (Å²) in [7, 11) is -9.94. The molecule has 660 valence electrons. The van der Waals surface area contributed by atoms with Crippen LogP contribution in [0.3, 0.4) is 0 Å². The van der Waals surface area contributed by atoms with Gasteiger partial charge in [0.05, 0.1) is 26.4 Å². The lowest BCUT2D eigenvalue weighted by atomic mass is 9.99. The molecule has 19 heteroatoms. The summed E-state index contributed by atoms with van der Waals surface area (Å²) in [4.78, 5) is 73.4. The largest absolute Gasteiger partial charge is 0.472 e. The van der Waals surface area contributed by atoms with E-state index in [9.17, 15) is 43.2 Å². The Kier molecular flexibility index (Phi) is 81.7. The van der Waals surface area contributed by atoms with Gasteiger partial charge in [-0.25, -0.2) is 9.13 Å². The molecule has 0 aliphatic heterocycles. The van der Waals surface area contributed by atoms with E-state index in [1.165, 1.54) is 315 Å². The van der Waals surface area contributed by atoms with Crippen LogP contribution in [0, 0.1) is 11.8 Å². The molecule has 0 bridgehead atoms. The Labute approximate surface area is 683 Å². The topological polar surface area (TPSA) is 237 Å². The number of rotatable bonds is 91. The number of phosphoric ester groups is 2. The van der Waals surface area contributed by atoms with Gasteiger partial charge in [0.25, 0.3) is 0 Å². The maximum absolute atomic E-state index is 13.2. The second-order valence-corrected chi connectivity index (χ2v) is 36.7. The smallest absolute Gasteiger partial charge is 0.462 e. The minimum Gasteiger partial charge on any atom is -0.462 e. The van der Waals surface area contributed by atoms with Gasteiger partial charge in [-0.1, -0.05) is 446 Å². The van der Waals surface area contributed by atoms with Crippen molar-refractivity contribution in [2.45, 2.75) is 516 Å². The first-order chi connectivity index (χ1) is 53.9. The molecule has 0 spiro atoms. The molecule has 111 heavy (non-hydrogen) atoms. The van der Waals surface area contributed by atoms with Gasteiger partial charge in [0, 0.05) is 25.7 Å². The average molecular weight is 1620 g/mol. The third-order valence-electron chi connectivity index (χ3n) is 22.1. The number of unbranched alkanes of at least 4 members (excludes halogenated alkanes) is 60. The van der Waals surface area contributed by atoms with Gasteiger partial charge in [0.15, 0.2) is 12.2 Å². The van der Waals surface area contributed by atoms with E-state index in [-0.39, 0.29) is 25.7 Å². The van der Waals surface area contributed by atoms with E-state index >= 15 is 0 Å². The standard InChI is InChI=1S/C92H180O17P2/c1-7-10-12-14-16-18-20-22-24-25-26-27-28-29-33-37-40-44-50-56-62-68-74-89(94)102-80-87(108-92(97)77-71-65-59-52-46-42-38-34-31-30-32-36-39-43-49-55-61-67-73-85(6)9-3)82-106-110(98,99)104-78-86(93)79-105-111(100,101)107-83-88(81-103-90(95)75-69-63-57-53-47-48-54-60-66-72-84(4)5)109-91(96)76-70-64-58-51-45-41-35-23-21-19-17-15-13-11-8-2/h84-88,93H,7-83H2,1-6H3,(H,98,99)(H,100,101)/t85?,86-,87-,88-/m1/s1. The maximum Gasteiger partial charge on any atom is 0.472 e. The first-order valence-corrected chi connectivity index (χ1v) is 50.5. The fraction of sp³-hybridized carbons (Fsp3) is 0.957. The number of carbonyl (C=O) groups excluding carboxylic acids is 4. The average Bonchev–Trinajstić information content (AvgIpc) is 0.879. The zero-order valence-electron chi connectivity index (χ0n) is 73.3. The molecular formula is C92H180O17P2. The van der Waals surface area contributed by atoms with Crippen molar-refractivity contribution in [3.63, 3.8) is 0 Å². The molecule has 3 unspecified atom stereocenters. The van der Waals surface area contributed by atoms with E-state index in [0.29, 0.717) is 25.7 Å². The van der Waals surface area contributed by atoms with Crippen molar-refractivity contribution < 1.29 is 80.2 Å². The van der Waals surface area contributed by atoms with Crippen LogP contribution in [0.25, 0.3) is 0 Å². The van der Waals surface area contributed by atoms with Crippen molar-refractivity contribution in [3.05, 3.63) is 0 Å². The van der Waals surface area contributed by atoms with Crippen molar-refractivity contribution in [2.75, 3.05) is 39.6 Å². The molecule has 0 aromatic carbocycles. The lowest BCUT2D eigenvalue weighted by molar-refractivity contribution is -0.161. The summed E-state index contributed by atoms with van der Waals surface area (Å²) in [6.07, 6.45) is 77.9. The number of hydrogen-bond donors (Lipinski definition) is 3. The van der Waals surface area contributed by atoms with Gasteiger partial charge in [0.1, 0.15) is 19.3 Å². The minimum absolute atomic E-state index is 0.108. The molecule has 0 radical (unpaired) electrons. The molecule has 0 fully saturated rings. The number of phosphoric acid groups is 2. The van der Waals surface area contributed by atoms with Crippen LogP contribution >= 0.6 is 15.6 Å². The molecule has 0 aromatic heterocycles. The molecule has 0 saturated heterocycles. The second-order valence-electron chi connectivity index (χ2n) is 33.8. The Balaban J connectivity index is 5.23. The summed E-state index contributed by atoms with van der Waals surface area (Å²) in [6.45, 7) is 9.75. The highest BCUT2D eigenvalue weighted by atomic mass is 31.2. The molecule has 0 saturated carbocycles. The maximum atomic E-state index is 13.2. The zero-order valence-corrected chi connectivity index (χ0v) is 75.1. The highest BCUT2D eigenvalue weighted by Crippen LogP contribution is 2.45. The zero-order chi connectivity index (χ0) is 81.3. The van der Waals surface area contributed by atoms with Gasteiger partial charge in [-0.05, 0) is 37.5 Å². The molecule has 0 aromatic rings. The van der Waals surface area contributed by atoms with E-state index in [4.69, 9.17) is 37.0 Å². The van der Waals surface area contributed by atoms with E-state index in [1.54, 1.807) is 0 Å². The van der Waals surface area contributed by atoms with E-state index < -0.39 is 97.5 Å². The minimum atomic E-state index is -4.97. The van der Waals surface area contributed by atoms with Crippen LogP contribution in [-0.4, -0.2) is 96.7 Å². The van der Waals surface area contributed by atoms with Gasteiger partial charge >= 0.3 is 39.5 Å². The van der Waals surface area contributed by atoms with Gasteiger partial charge in [-0.2, -0.15) is 0 Å². The van der Waals surface area contributed by atoms with Crippen LogP contribution in [0.2, 0.25) is 0 Å². The Morgan fingerprint density at radius 1 is 0.261 bits per heavy atom. The molecule has 6 atom stereocenters. The quantitative estimate of drug-likeness (QED) is 0.0222. The van der Waals surface area contributed by atoms with Gasteiger partial charge in [-0.3, -0.25) is 37.3 Å². The summed E-state index contributed by atoms with van der Waals surface area (Å²) in [5, 5.41) is 10.7. The number of esters is 4. The van der Waals surface area contributed by atoms with Crippen LogP contribution in [0.15, 0.2) is 0 Å². The third-order valence-corrected chi connectivity index (χ3v) is 24.0. The number of aliphatic hydroxyl groups is 1. The predicted octanol–water partition coefficient (Wildman–Crippen LogP) is 28.6. The normalized spacial score (nSPS) is 14.0. The monoisotopic (exact) mass is 1620 g/mol. The summed E-state index contributed by atoms with van der Waals surface area (Å²) in [5.41, 5.74) is 0. The molecular weight excluding hydrogens is 1440 g/mol. The highest BCUT2D eigenvalue weighted by molar-refractivity contribution is 7.47. The van der Waals surface area contributed by atoms with Gasteiger partial charge in [-0.15, -0.1) is 0 Å². The summed E-state index contributed by atoms with van der Waals surface area (Å²) in [6, 6.07) is 0. The van der Waals surface area contributed by atoms with Crippen LogP contribution < -0.4 is 0 Å². The van der Waals surface area contributed by atoms with Crippen molar-refractivity contribution in [1.29, 1.82) is 0 Å². The Bertz CT molecular complexity index is 2120. The first kappa shape index (κ1) is 109. The molecule has 17 nitrogen and oxygen atoms in total. The van der Waals surface area contributed by atoms with Crippen molar-refractivity contribution in [2.24, 2.45) is 11.8 Å². The van der Waals surface area contributed by atoms with E-state index in [2.05, 4.69) is 41.5 Å². The Morgan fingerprint density at radius 2 is 0.459 bits per heavy atom. The Morgan fingerprint density at radius 3 is 0.685 bits per heavy atom. The molecule has 3 N–H and O–H groups in total. The van der Waals surface area contributed by atoms with Crippen LogP contribution in [0.4, 0.5) is 0 Å². The number of carbonyl (C=O) groups is 4. The second kappa shape index (κ2) is 83.1. The van der Waals surface area contributed by atoms with Gasteiger partial charge in [0.2, 0.25) is 0 Å². The van der Waals surface area contributed by atoms with Crippen LogP contribution in [0.5, 0.6) is 0 Å². The molecule has 0 rings (SSSR count). The first-order valence-electron chi connectivity index (χ1n) is 47.5. The summed E-state index contributed by atoms with van der Waals surface area (Å²) >= 11 is 0. The van der Waals surface area contributed by atoms with Crippen molar-refractivity contribution >= 4 is 39.5 Å². The van der Waals surface area contributed by atoms with Crippen molar-refractivity contribution in [3.8, 4) is 0 Å². The van der Waals surface area contributed by atoms with E-state index in [0.717, 1.165) is 102 Å². The van der Waals surface area contributed by atoms with Crippen LogP contribution in [-0.2, 0) is 65.4 Å². The third kappa shape index (κ3) is 84.3. The molecule has 0 heterocycles. The number of hydrogen-bond acceptors (Lipinski definition) is 15. The van der Waals surface area contributed by atoms with Crippen molar-refractivity contribution in [1.82, 2.24) is 0 Å². The molecule has 0 amide bonds. The molecule has 0 aliphatic carbocycles. The number of ether oxygens (including phenoxy) is 4. The summed E-state index contributed by atoms with van der Waals surface area (Å²) < 4.78 is 69.1. The SMILES string of the molecule is CCCCCCCCCCCCCCCCCCCCCCCCC(=O)OC[C@H](COP(=O)(O)OC[C@@H](O)COP(=O)(O)OC[C@@H](COC(=O)CCCCCCCCCCCC(C)C)OC(=O)CCCCCCCCCCCCCCCCC)OC(=O)CCCCCCCCCCCCCCCCCCCCC(C)CC. The van der Waals surface area contributed by atoms with Crippen LogP contribution in [0.1, 0.15) is 497 Å². The van der Waals surface area contributed by atoms with E-state index in [1.807, 2.05) is 0 Å². The predicted molar refractivity (Wildman–Crippen MR) is 460 cm³/mol. The lowest BCUT2D eigenvalue weighted by Crippen LogP contribution is -2.30. The molecule has 0 aliphatic rings. The lowest BCUT2D eigenvalue weighted by Gasteiger charge is -2.21. The fourth-order valence-electron chi connectivity index (χ4n) is 14.4. The number of aliphatic hydroxyl groups excluding tert-OH is 1. The summed E-state index contributed by atoms with van der Waals surface area (Å²) in [5.74, 6) is -0.480. The highest BCUT2D eigenvalue weighted by Gasteiger charge is 2.31. The fourth-order valence-corrected chi connectivity index (χ4v) is 16.0. The van der Waals surface area contributed by atoms with Gasteiger partial charge < -0.3 is 33.8 Å².